The minimum Gasteiger partial charge on any atom is -0.368 e. The van der Waals surface area contributed by atoms with Crippen molar-refractivity contribution >= 4 is 0 Å². The summed E-state index contributed by atoms with van der Waals surface area (Å²) in [6.07, 6.45) is 4.95. The molecule has 2 rings (SSSR count). The summed E-state index contributed by atoms with van der Waals surface area (Å²) in [7, 11) is 2.04. The topological polar surface area (TPSA) is 56.3 Å². The maximum atomic E-state index is 5.93. The van der Waals surface area contributed by atoms with Crippen LogP contribution in [0.4, 0.5) is 0 Å². The first kappa shape index (κ1) is 13.5. The Bertz CT molecular complexity index is 388. The first-order valence-corrected chi connectivity index (χ1v) is 6.56. The van der Waals surface area contributed by atoms with Gasteiger partial charge in [-0.1, -0.05) is 0 Å². The van der Waals surface area contributed by atoms with Crippen molar-refractivity contribution in [3.8, 4) is 0 Å². The third kappa shape index (κ3) is 3.31. The molecule has 5 nitrogen and oxygen atoms in total. The van der Waals surface area contributed by atoms with Crippen LogP contribution in [0.5, 0.6) is 0 Å². The van der Waals surface area contributed by atoms with Gasteiger partial charge < -0.3 is 15.0 Å². The predicted octanol–water partition coefficient (Wildman–Crippen LogP) is 0.401. The van der Waals surface area contributed by atoms with Gasteiger partial charge in [0.25, 0.3) is 0 Å². The molecule has 0 spiro atoms. The standard InChI is InChI=1S/C13H24N4O/c1-13(2)10-17(9-11(8-14)18-13)6-4-12-15-5-7-16(12)3/h5,7,11H,4,6,8-10,14H2,1-3H3. The largest absolute Gasteiger partial charge is 0.368 e. The molecule has 1 aromatic rings. The lowest BCUT2D eigenvalue weighted by Gasteiger charge is -2.42. The van der Waals surface area contributed by atoms with Crippen molar-refractivity contribution in [1.82, 2.24) is 14.5 Å². The Morgan fingerprint density at radius 3 is 2.94 bits per heavy atom. The van der Waals surface area contributed by atoms with Crippen LogP contribution in [-0.2, 0) is 18.2 Å². The molecule has 0 aromatic carbocycles. The number of aryl methyl sites for hydroxylation is 1. The molecule has 0 saturated carbocycles. The van der Waals surface area contributed by atoms with E-state index in [0.29, 0.717) is 6.54 Å². The second kappa shape index (κ2) is 5.38. The van der Waals surface area contributed by atoms with Crippen LogP contribution >= 0.6 is 0 Å². The third-order valence-electron chi connectivity index (χ3n) is 3.39. The number of hydrogen-bond donors (Lipinski definition) is 1. The number of morpholine rings is 1. The lowest BCUT2D eigenvalue weighted by Crippen LogP contribution is -2.55. The van der Waals surface area contributed by atoms with E-state index in [9.17, 15) is 0 Å². The number of ether oxygens (including phenoxy) is 1. The number of nitrogens with two attached hydrogens (primary N) is 1. The Hall–Kier alpha value is -0.910. The Balaban J connectivity index is 1.90. The molecule has 5 heteroatoms. The number of rotatable bonds is 4. The molecule has 1 aromatic heterocycles. The minimum atomic E-state index is -0.107. The van der Waals surface area contributed by atoms with Crippen molar-refractivity contribution in [1.29, 1.82) is 0 Å². The van der Waals surface area contributed by atoms with Crippen molar-refractivity contribution in [3.63, 3.8) is 0 Å². The zero-order valence-electron chi connectivity index (χ0n) is 11.6. The molecule has 0 amide bonds. The Labute approximate surface area is 109 Å². The van der Waals surface area contributed by atoms with Crippen LogP contribution in [0.2, 0.25) is 0 Å². The molecule has 0 radical (unpaired) electrons. The Morgan fingerprint density at radius 2 is 2.33 bits per heavy atom. The molecule has 0 aliphatic carbocycles. The zero-order chi connectivity index (χ0) is 13.2. The van der Waals surface area contributed by atoms with Crippen molar-refractivity contribution in [2.45, 2.75) is 32.0 Å². The first-order chi connectivity index (χ1) is 8.50. The molecule has 0 bridgehead atoms. The fraction of sp³-hybridized carbons (Fsp3) is 0.769. The molecule has 1 saturated heterocycles. The van der Waals surface area contributed by atoms with Crippen LogP contribution < -0.4 is 5.73 Å². The number of aromatic nitrogens is 2. The summed E-state index contributed by atoms with van der Waals surface area (Å²) in [5.41, 5.74) is 5.63. The highest BCUT2D eigenvalue weighted by Crippen LogP contribution is 2.20. The molecule has 1 aliphatic heterocycles. The highest BCUT2D eigenvalue weighted by Gasteiger charge is 2.32. The molecule has 1 fully saturated rings. The maximum Gasteiger partial charge on any atom is 0.109 e. The lowest BCUT2D eigenvalue weighted by atomic mass is 10.0. The van der Waals surface area contributed by atoms with Crippen molar-refractivity contribution in [2.75, 3.05) is 26.2 Å². The fourth-order valence-electron chi connectivity index (χ4n) is 2.61. The van der Waals surface area contributed by atoms with E-state index in [2.05, 4.69) is 28.3 Å². The molecule has 102 valence electrons. The summed E-state index contributed by atoms with van der Waals surface area (Å²) >= 11 is 0. The average Bonchev–Trinajstić information content (AvgIpc) is 2.70. The monoisotopic (exact) mass is 252 g/mol. The molecule has 2 N–H and O–H groups in total. The van der Waals surface area contributed by atoms with Crippen LogP contribution in [-0.4, -0.2) is 52.3 Å². The van der Waals surface area contributed by atoms with Crippen LogP contribution in [0, 0.1) is 0 Å². The summed E-state index contributed by atoms with van der Waals surface area (Å²) in [6, 6.07) is 0. The van der Waals surface area contributed by atoms with E-state index < -0.39 is 0 Å². The van der Waals surface area contributed by atoms with E-state index in [0.717, 1.165) is 31.9 Å². The second-order valence-electron chi connectivity index (χ2n) is 5.67. The van der Waals surface area contributed by atoms with Crippen molar-refractivity contribution in [2.24, 2.45) is 12.8 Å². The van der Waals surface area contributed by atoms with Crippen LogP contribution in [0.1, 0.15) is 19.7 Å². The van der Waals surface area contributed by atoms with E-state index in [1.54, 1.807) is 0 Å². The van der Waals surface area contributed by atoms with Gasteiger partial charge in [-0.3, -0.25) is 4.90 Å². The number of nitrogens with zero attached hydrogens (tertiary/aromatic N) is 3. The smallest absolute Gasteiger partial charge is 0.109 e. The van der Waals surface area contributed by atoms with Crippen LogP contribution in [0.3, 0.4) is 0 Å². The van der Waals surface area contributed by atoms with Gasteiger partial charge in [0.15, 0.2) is 0 Å². The molecule has 2 heterocycles. The quantitative estimate of drug-likeness (QED) is 0.843. The lowest BCUT2D eigenvalue weighted by molar-refractivity contribution is -0.131. The van der Waals surface area contributed by atoms with Gasteiger partial charge in [0.1, 0.15) is 5.82 Å². The van der Waals surface area contributed by atoms with Gasteiger partial charge in [-0.05, 0) is 13.8 Å². The van der Waals surface area contributed by atoms with Gasteiger partial charge >= 0.3 is 0 Å². The van der Waals surface area contributed by atoms with E-state index in [4.69, 9.17) is 10.5 Å². The van der Waals surface area contributed by atoms with E-state index >= 15 is 0 Å². The van der Waals surface area contributed by atoms with Crippen molar-refractivity contribution in [3.05, 3.63) is 18.2 Å². The summed E-state index contributed by atoms with van der Waals surface area (Å²) in [5, 5.41) is 0. The van der Waals surface area contributed by atoms with E-state index in [1.807, 2.05) is 19.4 Å². The van der Waals surface area contributed by atoms with E-state index in [1.165, 1.54) is 0 Å². The molecule has 1 unspecified atom stereocenters. The normalized spacial score (nSPS) is 24.3. The highest BCUT2D eigenvalue weighted by molar-refractivity contribution is 4.93. The highest BCUT2D eigenvalue weighted by atomic mass is 16.5. The summed E-state index contributed by atoms with van der Waals surface area (Å²) in [5.74, 6) is 1.13. The molecular weight excluding hydrogens is 228 g/mol. The third-order valence-corrected chi connectivity index (χ3v) is 3.39. The summed E-state index contributed by atoms with van der Waals surface area (Å²) in [6.45, 7) is 7.72. The van der Waals surface area contributed by atoms with Gasteiger partial charge in [-0.25, -0.2) is 4.98 Å². The number of imidazole rings is 1. The SMILES string of the molecule is Cn1ccnc1CCN1CC(CN)OC(C)(C)C1. The molecular formula is C13H24N4O. The Kier molecular flexibility index (Phi) is 4.04. The van der Waals surface area contributed by atoms with E-state index in [-0.39, 0.29) is 11.7 Å². The van der Waals surface area contributed by atoms with Crippen LogP contribution in [0.15, 0.2) is 12.4 Å². The van der Waals surface area contributed by atoms with Gasteiger partial charge in [0, 0.05) is 52.0 Å². The molecule has 18 heavy (non-hydrogen) atoms. The van der Waals surface area contributed by atoms with Crippen molar-refractivity contribution < 1.29 is 4.74 Å². The number of hydrogen-bond acceptors (Lipinski definition) is 4. The maximum absolute atomic E-state index is 5.93. The fourth-order valence-corrected chi connectivity index (χ4v) is 2.61. The molecule has 1 aliphatic rings. The minimum absolute atomic E-state index is 0.107. The zero-order valence-corrected chi connectivity index (χ0v) is 11.6. The molecule has 1 atom stereocenters. The van der Waals surface area contributed by atoms with Gasteiger partial charge in [0.05, 0.1) is 11.7 Å². The summed E-state index contributed by atoms with van der Waals surface area (Å²) in [4.78, 5) is 6.78. The Morgan fingerprint density at radius 1 is 1.56 bits per heavy atom. The van der Waals surface area contributed by atoms with Gasteiger partial charge in [-0.2, -0.15) is 0 Å². The summed E-state index contributed by atoms with van der Waals surface area (Å²) < 4.78 is 8.00. The van der Waals surface area contributed by atoms with Crippen LogP contribution in [0.25, 0.3) is 0 Å². The average molecular weight is 252 g/mol. The second-order valence-corrected chi connectivity index (χ2v) is 5.67. The predicted molar refractivity (Wildman–Crippen MR) is 71.4 cm³/mol. The van der Waals surface area contributed by atoms with Gasteiger partial charge in [0.2, 0.25) is 0 Å². The first-order valence-electron chi connectivity index (χ1n) is 6.56. The van der Waals surface area contributed by atoms with Gasteiger partial charge in [-0.15, -0.1) is 0 Å².